The van der Waals surface area contributed by atoms with Crippen LogP contribution in [-0.2, 0) is 4.79 Å². The minimum absolute atomic E-state index is 0.0117. The Morgan fingerprint density at radius 2 is 2.00 bits per heavy atom. The Bertz CT molecular complexity index is 621. The number of rotatable bonds is 6. The standard InChI is InChI=1S/C18H26ClN3O2/c1-18(2,3)9-16(23)22-12-6-7-14(19)13(8-12)17(24)21-10-15(20)11-4-5-11/h6-8,11,15H,4-5,9-10,20H2,1-3H3,(H,21,24)(H,22,23). The number of nitrogens with two attached hydrogens (primary N) is 1. The summed E-state index contributed by atoms with van der Waals surface area (Å²) in [5.41, 5.74) is 6.79. The Hall–Kier alpha value is -1.59. The Balaban J connectivity index is 1.99. The highest BCUT2D eigenvalue weighted by Crippen LogP contribution is 2.31. The zero-order chi connectivity index (χ0) is 17.9. The Labute approximate surface area is 148 Å². The molecule has 132 valence electrons. The van der Waals surface area contributed by atoms with Gasteiger partial charge in [0.1, 0.15) is 0 Å². The van der Waals surface area contributed by atoms with Crippen molar-refractivity contribution in [1.29, 1.82) is 0 Å². The first kappa shape index (κ1) is 18.7. The third kappa shape index (κ3) is 5.80. The summed E-state index contributed by atoms with van der Waals surface area (Å²) in [6, 6.07) is 4.89. The van der Waals surface area contributed by atoms with E-state index in [1.807, 2.05) is 20.8 Å². The van der Waals surface area contributed by atoms with Gasteiger partial charge in [-0.3, -0.25) is 9.59 Å². The van der Waals surface area contributed by atoms with Crippen LogP contribution in [0.4, 0.5) is 5.69 Å². The van der Waals surface area contributed by atoms with Crippen LogP contribution in [0.15, 0.2) is 18.2 Å². The molecule has 1 saturated carbocycles. The summed E-state index contributed by atoms with van der Waals surface area (Å²) in [5, 5.41) is 5.98. The van der Waals surface area contributed by atoms with Gasteiger partial charge in [-0.15, -0.1) is 0 Å². The molecule has 24 heavy (non-hydrogen) atoms. The van der Waals surface area contributed by atoms with Gasteiger partial charge >= 0.3 is 0 Å². The highest BCUT2D eigenvalue weighted by molar-refractivity contribution is 6.34. The van der Waals surface area contributed by atoms with Crippen LogP contribution >= 0.6 is 11.6 Å². The van der Waals surface area contributed by atoms with Crippen LogP contribution in [0, 0.1) is 11.3 Å². The molecule has 1 atom stereocenters. The van der Waals surface area contributed by atoms with Crippen molar-refractivity contribution < 1.29 is 9.59 Å². The number of halogens is 1. The summed E-state index contributed by atoms with van der Waals surface area (Å²) in [5.74, 6) is 0.152. The lowest BCUT2D eigenvalue weighted by atomic mass is 9.92. The van der Waals surface area contributed by atoms with Gasteiger partial charge < -0.3 is 16.4 Å². The van der Waals surface area contributed by atoms with Gasteiger partial charge in [0.25, 0.3) is 5.91 Å². The number of amides is 2. The SMILES string of the molecule is CC(C)(C)CC(=O)Nc1ccc(Cl)c(C(=O)NCC(N)C2CC2)c1. The van der Waals surface area contributed by atoms with Crippen molar-refractivity contribution in [3.8, 4) is 0 Å². The van der Waals surface area contributed by atoms with Crippen LogP contribution in [-0.4, -0.2) is 24.4 Å². The van der Waals surface area contributed by atoms with Crippen LogP contribution in [0.2, 0.25) is 5.02 Å². The lowest BCUT2D eigenvalue weighted by Crippen LogP contribution is -2.38. The van der Waals surface area contributed by atoms with Gasteiger partial charge in [0.05, 0.1) is 10.6 Å². The first-order chi connectivity index (χ1) is 11.2. The third-order valence-corrected chi connectivity index (χ3v) is 4.24. The lowest BCUT2D eigenvalue weighted by molar-refractivity contribution is -0.117. The summed E-state index contributed by atoms with van der Waals surface area (Å²) < 4.78 is 0. The highest BCUT2D eigenvalue weighted by atomic mass is 35.5. The molecule has 5 nitrogen and oxygen atoms in total. The van der Waals surface area contributed by atoms with Crippen molar-refractivity contribution in [3.05, 3.63) is 28.8 Å². The molecule has 1 aromatic rings. The molecule has 1 aliphatic carbocycles. The smallest absolute Gasteiger partial charge is 0.252 e. The minimum Gasteiger partial charge on any atom is -0.350 e. The molecule has 0 aromatic heterocycles. The molecule has 0 bridgehead atoms. The van der Waals surface area contributed by atoms with Crippen molar-refractivity contribution >= 4 is 29.1 Å². The molecule has 6 heteroatoms. The second-order valence-electron chi connectivity index (χ2n) is 7.69. The number of carbonyl (C=O) groups excluding carboxylic acids is 2. The predicted octanol–water partition coefficient (Wildman–Crippen LogP) is 3.18. The van der Waals surface area contributed by atoms with Gasteiger partial charge in [-0.25, -0.2) is 0 Å². The molecule has 1 fully saturated rings. The van der Waals surface area contributed by atoms with E-state index in [4.69, 9.17) is 17.3 Å². The molecule has 0 radical (unpaired) electrons. The molecular formula is C18H26ClN3O2. The van der Waals surface area contributed by atoms with E-state index in [1.54, 1.807) is 18.2 Å². The molecule has 0 saturated heterocycles. The van der Waals surface area contributed by atoms with Crippen molar-refractivity contribution in [2.75, 3.05) is 11.9 Å². The summed E-state index contributed by atoms with van der Waals surface area (Å²) in [6.07, 6.45) is 2.66. The number of anilines is 1. The predicted molar refractivity (Wildman–Crippen MR) is 97.2 cm³/mol. The van der Waals surface area contributed by atoms with E-state index in [9.17, 15) is 9.59 Å². The van der Waals surface area contributed by atoms with Crippen molar-refractivity contribution in [2.45, 2.75) is 46.1 Å². The van der Waals surface area contributed by atoms with E-state index in [0.717, 1.165) is 12.8 Å². The van der Waals surface area contributed by atoms with Crippen molar-refractivity contribution in [2.24, 2.45) is 17.1 Å². The summed E-state index contributed by atoms with van der Waals surface area (Å²) >= 11 is 6.12. The van der Waals surface area contributed by atoms with Crippen LogP contribution in [0.1, 0.15) is 50.4 Å². The first-order valence-corrected chi connectivity index (χ1v) is 8.67. The Morgan fingerprint density at radius 3 is 2.58 bits per heavy atom. The zero-order valence-electron chi connectivity index (χ0n) is 14.5. The van der Waals surface area contributed by atoms with Crippen LogP contribution < -0.4 is 16.4 Å². The van der Waals surface area contributed by atoms with E-state index in [-0.39, 0.29) is 23.3 Å². The Morgan fingerprint density at radius 1 is 1.33 bits per heavy atom. The van der Waals surface area contributed by atoms with Gasteiger partial charge in [-0.05, 0) is 42.4 Å². The number of hydrogen-bond donors (Lipinski definition) is 3. The summed E-state index contributed by atoms with van der Waals surface area (Å²) in [4.78, 5) is 24.3. The monoisotopic (exact) mass is 351 g/mol. The number of benzene rings is 1. The minimum atomic E-state index is -0.275. The van der Waals surface area contributed by atoms with Gasteiger partial charge in [0, 0.05) is 24.7 Å². The molecule has 0 heterocycles. The average Bonchev–Trinajstić information content (AvgIpc) is 3.29. The topological polar surface area (TPSA) is 84.2 Å². The summed E-state index contributed by atoms with van der Waals surface area (Å²) in [6.45, 7) is 6.42. The summed E-state index contributed by atoms with van der Waals surface area (Å²) in [7, 11) is 0. The van der Waals surface area contributed by atoms with Crippen molar-refractivity contribution in [3.63, 3.8) is 0 Å². The lowest BCUT2D eigenvalue weighted by Gasteiger charge is -2.17. The normalized spacial score (nSPS) is 15.7. The molecule has 0 spiro atoms. The molecule has 1 aliphatic rings. The Kier molecular flexibility index (Phi) is 5.88. The van der Waals surface area contributed by atoms with E-state index in [2.05, 4.69) is 10.6 Å². The fraction of sp³-hybridized carbons (Fsp3) is 0.556. The van der Waals surface area contributed by atoms with Crippen molar-refractivity contribution in [1.82, 2.24) is 5.32 Å². The molecule has 2 rings (SSSR count). The quantitative estimate of drug-likeness (QED) is 0.735. The molecule has 1 aromatic carbocycles. The zero-order valence-corrected chi connectivity index (χ0v) is 15.2. The van der Waals surface area contributed by atoms with Gasteiger partial charge in [0.15, 0.2) is 0 Å². The van der Waals surface area contributed by atoms with Crippen LogP contribution in [0.5, 0.6) is 0 Å². The molecule has 0 aliphatic heterocycles. The fourth-order valence-electron chi connectivity index (χ4n) is 2.46. The maximum atomic E-state index is 12.3. The van der Waals surface area contributed by atoms with E-state index >= 15 is 0 Å². The number of hydrogen-bond acceptors (Lipinski definition) is 3. The van der Waals surface area contributed by atoms with Crippen LogP contribution in [0.25, 0.3) is 0 Å². The van der Waals surface area contributed by atoms with E-state index in [0.29, 0.717) is 35.2 Å². The average molecular weight is 352 g/mol. The van der Waals surface area contributed by atoms with Crippen LogP contribution in [0.3, 0.4) is 0 Å². The first-order valence-electron chi connectivity index (χ1n) is 8.29. The number of carbonyl (C=O) groups is 2. The molecular weight excluding hydrogens is 326 g/mol. The van der Waals surface area contributed by atoms with E-state index in [1.165, 1.54) is 0 Å². The van der Waals surface area contributed by atoms with Gasteiger partial charge in [0.2, 0.25) is 5.91 Å². The molecule has 1 unspecified atom stereocenters. The van der Waals surface area contributed by atoms with E-state index < -0.39 is 0 Å². The fourth-order valence-corrected chi connectivity index (χ4v) is 2.66. The van der Waals surface area contributed by atoms with Gasteiger partial charge in [-0.2, -0.15) is 0 Å². The maximum Gasteiger partial charge on any atom is 0.252 e. The second-order valence-corrected chi connectivity index (χ2v) is 8.10. The third-order valence-electron chi connectivity index (χ3n) is 3.91. The maximum absolute atomic E-state index is 12.3. The highest BCUT2D eigenvalue weighted by Gasteiger charge is 2.28. The molecule has 2 amide bonds. The van der Waals surface area contributed by atoms with Gasteiger partial charge in [-0.1, -0.05) is 32.4 Å². The second kappa shape index (κ2) is 7.53. The molecule has 4 N–H and O–H groups in total. The number of nitrogens with one attached hydrogen (secondary N) is 2. The largest absolute Gasteiger partial charge is 0.350 e.